The van der Waals surface area contributed by atoms with Crippen molar-refractivity contribution in [3.8, 4) is 0 Å². The highest BCUT2D eigenvalue weighted by Gasteiger charge is 2.20. The van der Waals surface area contributed by atoms with Gasteiger partial charge in [0.1, 0.15) is 5.52 Å². The van der Waals surface area contributed by atoms with Crippen LogP contribution >= 0.6 is 24.2 Å². The molecule has 0 atom stereocenters. The summed E-state index contributed by atoms with van der Waals surface area (Å²) in [4.78, 5) is 4.40. The summed E-state index contributed by atoms with van der Waals surface area (Å²) < 4.78 is 5.60. The van der Waals surface area contributed by atoms with Crippen LogP contribution in [-0.2, 0) is 0 Å². The van der Waals surface area contributed by atoms with Crippen LogP contribution in [-0.4, -0.2) is 23.3 Å². The number of halogens is 1. The standard InChI is InChI=1S/C10H10N2OS.ClH/c1-2-4-9-8(3-1)12-10(13-9)14-7-5-11-6-7;/h1-4,7,11H,5-6H2;1H. The van der Waals surface area contributed by atoms with Crippen LogP contribution in [0.5, 0.6) is 0 Å². The average molecular weight is 243 g/mol. The van der Waals surface area contributed by atoms with E-state index < -0.39 is 0 Å². The number of hydrogen-bond donors (Lipinski definition) is 1. The first-order valence-electron chi connectivity index (χ1n) is 4.65. The van der Waals surface area contributed by atoms with Gasteiger partial charge in [0.15, 0.2) is 5.58 Å². The predicted octanol–water partition coefficient (Wildman–Crippen LogP) is 2.31. The molecule has 1 aromatic heterocycles. The summed E-state index contributed by atoms with van der Waals surface area (Å²) in [5.41, 5.74) is 1.82. The van der Waals surface area contributed by atoms with Gasteiger partial charge in [0.05, 0.1) is 0 Å². The zero-order valence-corrected chi connectivity index (χ0v) is 9.61. The molecule has 5 heteroatoms. The van der Waals surface area contributed by atoms with Crippen molar-refractivity contribution in [3.05, 3.63) is 24.3 Å². The maximum atomic E-state index is 5.60. The van der Waals surface area contributed by atoms with Crippen molar-refractivity contribution in [2.75, 3.05) is 13.1 Å². The van der Waals surface area contributed by atoms with E-state index in [2.05, 4.69) is 10.3 Å². The Morgan fingerprint density at radius 2 is 2.13 bits per heavy atom. The Morgan fingerprint density at radius 1 is 1.33 bits per heavy atom. The summed E-state index contributed by atoms with van der Waals surface area (Å²) in [5, 5.41) is 4.64. The van der Waals surface area contributed by atoms with E-state index in [0.717, 1.165) is 29.4 Å². The lowest BCUT2D eigenvalue weighted by atomic mass is 10.3. The van der Waals surface area contributed by atoms with Crippen LogP contribution in [0.3, 0.4) is 0 Å². The zero-order valence-electron chi connectivity index (χ0n) is 7.97. The summed E-state index contributed by atoms with van der Waals surface area (Å²) in [6.45, 7) is 2.12. The van der Waals surface area contributed by atoms with E-state index in [-0.39, 0.29) is 12.4 Å². The minimum Gasteiger partial charge on any atom is -0.431 e. The van der Waals surface area contributed by atoms with Gasteiger partial charge in [-0.25, -0.2) is 4.98 Å². The fourth-order valence-corrected chi connectivity index (χ4v) is 2.37. The highest BCUT2D eigenvalue weighted by molar-refractivity contribution is 7.99. The van der Waals surface area contributed by atoms with Crippen LogP contribution in [0.15, 0.2) is 33.9 Å². The van der Waals surface area contributed by atoms with E-state index in [9.17, 15) is 0 Å². The van der Waals surface area contributed by atoms with Crippen LogP contribution in [0.2, 0.25) is 0 Å². The monoisotopic (exact) mass is 242 g/mol. The third-order valence-corrected chi connectivity index (χ3v) is 3.33. The molecule has 1 aromatic carbocycles. The molecule has 2 aromatic rings. The molecule has 0 spiro atoms. The number of nitrogens with one attached hydrogen (secondary N) is 1. The molecule has 1 aliphatic rings. The SMILES string of the molecule is Cl.c1ccc2oc(SC3CNC3)nc2c1. The van der Waals surface area contributed by atoms with E-state index in [1.165, 1.54) is 0 Å². The highest BCUT2D eigenvalue weighted by atomic mass is 35.5. The first-order valence-corrected chi connectivity index (χ1v) is 5.53. The number of hydrogen-bond acceptors (Lipinski definition) is 4. The molecule has 0 bridgehead atoms. The lowest BCUT2D eigenvalue weighted by Gasteiger charge is -2.24. The number of oxazole rings is 1. The number of benzene rings is 1. The maximum Gasteiger partial charge on any atom is 0.257 e. The fourth-order valence-electron chi connectivity index (χ4n) is 1.39. The molecule has 2 heterocycles. The Labute approximate surface area is 98.0 Å². The highest BCUT2D eigenvalue weighted by Crippen LogP contribution is 2.27. The molecule has 1 fully saturated rings. The van der Waals surface area contributed by atoms with Gasteiger partial charge in [-0.05, 0) is 12.1 Å². The second-order valence-corrected chi connectivity index (χ2v) is 4.60. The molecule has 3 rings (SSSR count). The second kappa shape index (κ2) is 4.43. The minimum absolute atomic E-state index is 0. The summed E-state index contributed by atoms with van der Waals surface area (Å²) in [7, 11) is 0. The first-order chi connectivity index (χ1) is 6.92. The van der Waals surface area contributed by atoms with Crippen molar-refractivity contribution in [2.45, 2.75) is 10.5 Å². The van der Waals surface area contributed by atoms with E-state index in [1.807, 2.05) is 24.3 Å². The van der Waals surface area contributed by atoms with Crippen molar-refractivity contribution >= 4 is 35.3 Å². The van der Waals surface area contributed by atoms with Crippen LogP contribution in [0.25, 0.3) is 11.1 Å². The Morgan fingerprint density at radius 3 is 2.80 bits per heavy atom. The van der Waals surface area contributed by atoms with Gasteiger partial charge in [0.25, 0.3) is 5.22 Å². The van der Waals surface area contributed by atoms with Gasteiger partial charge < -0.3 is 9.73 Å². The smallest absolute Gasteiger partial charge is 0.257 e. The van der Waals surface area contributed by atoms with Crippen LogP contribution in [0, 0.1) is 0 Å². The molecule has 15 heavy (non-hydrogen) atoms. The second-order valence-electron chi connectivity index (χ2n) is 3.35. The number of rotatable bonds is 2. The Hall–Kier alpha value is -0.710. The number of para-hydroxylation sites is 2. The zero-order chi connectivity index (χ0) is 9.38. The van der Waals surface area contributed by atoms with Crippen LogP contribution in [0.4, 0.5) is 0 Å². The van der Waals surface area contributed by atoms with E-state index >= 15 is 0 Å². The van der Waals surface area contributed by atoms with Crippen molar-refractivity contribution < 1.29 is 4.42 Å². The quantitative estimate of drug-likeness (QED) is 0.877. The minimum atomic E-state index is 0. The average Bonchev–Trinajstić information content (AvgIpc) is 2.53. The Balaban J connectivity index is 0.000000853. The lowest BCUT2D eigenvalue weighted by molar-refractivity contribution is 0.479. The summed E-state index contributed by atoms with van der Waals surface area (Å²) >= 11 is 1.72. The largest absolute Gasteiger partial charge is 0.431 e. The van der Waals surface area contributed by atoms with Crippen molar-refractivity contribution in [1.82, 2.24) is 10.3 Å². The topological polar surface area (TPSA) is 38.1 Å². The molecule has 3 nitrogen and oxygen atoms in total. The predicted molar refractivity (Wildman–Crippen MR) is 63.8 cm³/mol. The van der Waals surface area contributed by atoms with Gasteiger partial charge in [-0.15, -0.1) is 12.4 Å². The number of nitrogens with zero attached hydrogens (tertiary/aromatic N) is 1. The van der Waals surface area contributed by atoms with Crippen molar-refractivity contribution in [3.63, 3.8) is 0 Å². The van der Waals surface area contributed by atoms with Gasteiger partial charge in [0, 0.05) is 18.3 Å². The third-order valence-electron chi connectivity index (χ3n) is 2.29. The molecule has 0 aliphatic carbocycles. The maximum absolute atomic E-state index is 5.60. The van der Waals surface area contributed by atoms with E-state index in [0.29, 0.717) is 5.25 Å². The number of thioether (sulfide) groups is 1. The van der Waals surface area contributed by atoms with E-state index in [1.54, 1.807) is 11.8 Å². The summed E-state index contributed by atoms with van der Waals surface area (Å²) in [6.07, 6.45) is 0. The summed E-state index contributed by atoms with van der Waals surface area (Å²) in [5.74, 6) is 0. The molecular weight excluding hydrogens is 232 g/mol. The summed E-state index contributed by atoms with van der Waals surface area (Å²) in [6, 6.07) is 7.87. The molecule has 0 radical (unpaired) electrons. The van der Waals surface area contributed by atoms with E-state index in [4.69, 9.17) is 4.42 Å². The third kappa shape index (κ3) is 2.12. The van der Waals surface area contributed by atoms with Crippen LogP contribution in [0.1, 0.15) is 0 Å². The fraction of sp³-hybridized carbons (Fsp3) is 0.300. The van der Waals surface area contributed by atoms with Gasteiger partial charge >= 0.3 is 0 Å². The van der Waals surface area contributed by atoms with Gasteiger partial charge in [-0.3, -0.25) is 0 Å². The molecule has 1 aliphatic heterocycles. The lowest BCUT2D eigenvalue weighted by Crippen LogP contribution is -2.44. The van der Waals surface area contributed by atoms with Gasteiger partial charge in [-0.1, -0.05) is 23.9 Å². The number of fused-ring (bicyclic) bond motifs is 1. The van der Waals surface area contributed by atoms with Gasteiger partial charge in [-0.2, -0.15) is 0 Å². The molecule has 1 N–H and O–H groups in total. The van der Waals surface area contributed by atoms with Crippen molar-refractivity contribution in [1.29, 1.82) is 0 Å². The Kier molecular flexibility index (Phi) is 3.19. The van der Waals surface area contributed by atoms with Crippen molar-refractivity contribution in [2.24, 2.45) is 0 Å². The van der Waals surface area contributed by atoms with Crippen LogP contribution < -0.4 is 5.32 Å². The molecule has 0 amide bonds. The normalized spacial score (nSPS) is 16.0. The molecule has 1 saturated heterocycles. The molecule has 0 unspecified atom stereocenters. The molecular formula is C10H11ClN2OS. The van der Waals surface area contributed by atoms with Gasteiger partial charge in [0.2, 0.25) is 0 Å². The molecule has 0 saturated carbocycles. The Bertz CT molecular complexity index is 422. The first kappa shape index (κ1) is 10.8. The number of aromatic nitrogens is 1. The molecule has 80 valence electrons.